The second-order valence-electron chi connectivity index (χ2n) is 6.87. The number of aryl methyl sites for hydroxylation is 2. The number of fused-ring (bicyclic) bond motifs is 2. The molecule has 0 radical (unpaired) electrons. The Balaban J connectivity index is 1.58. The summed E-state index contributed by atoms with van der Waals surface area (Å²) >= 11 is 0. The van der Waals surface area contributed by atoms with Gasteiger partial charge in [0.1, 0.15) is 5.82 Å². The van der Waals surface area contributed by atoms with Crippen molar-refractivity contribution < 1.29 is 0 Å². The third-order valence-electron chi connectivity index (χ3n) is 5.27. The summed E-state index contributed by atoms with van der Waals surface area (Å²) in [6.07, 6.45) is 7.00. The number of rotatable bonds is 2. The van der Waals surface area contributed by atoms with E-state index in [-0.39, 0.29) is 5.41 Å². The first kappa shape index (κ1) is 13.9. The standard InChI is InChI=1S/C19H23N3/c1-15-20-12-17-8-10-19(18(17)21-15)9-5-11-22(14-19)13-16-6-3-2-4-7-16/h2-4,6-7,12H,5,8-11,13-14H2,1H3. The van der Waals surface area contributed by atoms with Gasteiger partial charge in [0.15, 0.2) is 0 Å². The van der Waals surface area contributed by atoms with E-state index in [2.05, 4.69) is 46.4 Å². The Bertz CT molecular complexity index is 664. The highest BCUT2D eigenvalue weighted by atomic mass is 15.1. The average molecular weight is 293 g/mol. The molecule has 1 atom stereocenters. The molecule has 2 aliphatic rings. The van der Waals surface area contributed by atoms with E-state index in [0.29, 0.717) is 0 Å². The Morgan fingerprint density at radius 3 is 2.91 bits per heavy atom. The molecule has 1 aliphatic heterocycles. The maximum Gasteiger partial charge on any atom is 0.125 e. The van der Waals surface area contributed by atoms with Crippen molar-refractivity contribution in [1.82, 2.24) is 14.9 Å². The molecule has 0 amide bonds. The third-order valence-corrected chi connectivity index (χ3v) is 5.27. The predicted octanol–water partition coefficient (Wildman–Crippen LogP) is 3.27. The molecule has 2 aromatic rings. The third kappa shape index (κ3) is 2.44. The van der Waals surface area contributed by atoms with Gasteiger partial charge in [0.2, 0.25) is 0 Å². The minimum absolute atomic E-state index is 0.274. The van der Waals surface area contributed by atoms with Crippen LogP contribution in [0, 0.1) is 6.92 Å². The highest BCUT2D eigenvalue weighted by molar-refractivity contribution is 5.34. The number of hydrogen-bond acceptors (Lipinski definition) is 3. The van der Waals surface area contributed by atoms with Crippen LogP contribution in [-0.4, -0.2) is 28.0 Å². The van der Waals surface area contributed by atoms with E-state index in [1.807, 2.05) is 6.92 Å². The van der Waals surface area contributed by atoms with Crippen LogP contribution in [0.4, 0.5) is 0 Å². The van der Waals surface area contributed by atoms with Crippen molar-refractivity contribution in [3.05, 3.63) is 59.2 Å². The Hall–Kier alpha value is -1.74. The molecule has 1 saturated heterocycles. The summed E-state index contributed by atoms with van der Waals surface area (Å²) in [5.41, 5.74) is 4.41. The second kappa shape index (κ2) is 5.47. The zero-order valence-corrected chi connectivity index (χ0v) is 13.3. The van der Waals surface area contributed by atoms with Gasteiger partial charge in [-0.25, -0.2) is 9.97 Å². The van der Waals surface area contributed by atoms with Crippen LogP contribution in [-0.2, 0) is 18.4 Å². The number of benzene rings is 1. The molecule has 0 bridgehead atoms. The number of aromatic nitrogens is 2. The van der Waals surface area contributed by atoms with Gasteiger partial charge in [-0.1, -0.05) is 30.3 Å². The molecule has 22 heavy (non-hydrogen) atoms. The summed E-state index contributed by atoms with van der Waals surface area (Å²) in [6, 6.07) is 10.8. The van der Waals surface area contributed by atoms with Crippen LogP contribution in [0.5, 0.6) is 0 Å². The summed E-state index contributed by atoms with van der Waals surface area (Å²) in [5.74, 6) is 0.917. The smallest absolute Gasteiger partial charge is 0.125 e. The van der Waals surface area contributed by atoms with Crippen molar-refractivity contribution in [3.63, 3.8) is 0 Å². The van der Waals surface area contributed by atoms with Crippen molar-refractivity contribution >= 4 is 0 Å². The summed E-state index contributed by atoms with van der Waals surface area (Å²) in [7, 11) is 0. The van der Waals surface area contributed by atoms with Gasteiger partial charge < -0.3 is 0 Å². The first-order valence-electron chi connectivity index (χ1n) is 8.34. The molecule has 1 unspecified atom stereocenters. The molecule has 4 rings (SSSR count). The topological polar surface area (TPSA) is 29.0 Å². The molecule has 0 saturated carbocycles. The maximum atomic E-state index is 4.83. The summed E-state index contributed by atoms with van der Waals surface area (Å²) in [4.78, 5) is 11.8. The quantitative estimate of drug-likeness (QED) is 0.851. The zero-order chi connectivity index (χ0) is 15.0. The van der Waals surface area contributed by atoms with E-state index < -0.39 is 0 Å². The first-order chi connectivity index (χ1) is 10.8. The normalized spacial score (nSPS) is 24.6. The molecular formula is C19H23N3. The van der Waals surface area contributed by atoms with Gasteiger partial charge in [0.25, 0.3) is 0 Å². The summed E-state index contributed by atoms with van der Waals surface area (Å²) < 4.78 is 0. The van der Waals surface area contributed by atoms with Gasteiger partial charge in [0, 0.05) is 24.7 Å². The summed E-state index contributed by atoms with van der Waals surface area (Å²) in [6.45, 7) is 5.42. The molecular weight excluding hydrogens is 270 g/mol. The predicted molar refractivity (Wildman–Crippen MR) is 87.7 cm³/mol. The maximum absolute atomic E-state index is 4.83. The van der Waals surface area contributed by atoms with E-state index in [0.717, 1.165) is 25.3 Å². The number of nitrogens with zero attached hydrogens (tertiary/aromatic N) is 3. The monoisotopic (exact) mass is 293 g/mol. The first-order valence-corrected chi connectivity index (χ1v) is 8.34. The van der Waals surface area contributed by atoms with Crippen LogP contribution in [0.15, 0.2) is 36.5 Å². The SMILES string of the molecule is Cc1ncc2c(n1)C1(CCCN(Cc3ccccc3)C1)CC2. The highest BCUT2D eigenvalue weighted by Crippen LogP contribution is 2.43. The fourth-order valence-electron chi connectivity index (χ4n) is 4.23. The van der Waals surface area contributed by atoms with Crippen LogP contribution in [0.3, 0.4) is 0 Å². The minimum atomic E-state index is 0.274. The van der Waals surface area contributed by atoms with Crippen LogP contribution in [0.2, 0.25) is 0 Å². The van der Waals surface area contributed by atoms with E-state index in [1.54, 1.807) is 0 Å². The molecule has 1 aliphatic carbocycles. The largest absolute Gasteiger partial charge is 0.298 e. The van der Waals surface area contributed by atoms with Gasteiger partial charge in [-0.2, -0.15) is 0 Å². The van der Waals surface area contributed by atoms with E-state index in [1.165, 1.54) is 42.6 Å². The van der Waals surface area contributed by atoms with Crippen LogP contribution in [0.25, 0.3) is 0 Å². The van der Waals surface area contributed by atoms with Crippen molar-refractivity contribution in [1.29, 1.82) is 0 Å². The van der Waals surface area contributed by atoms with Gasteiger partial charge >= 0.3 is 0 Å². The Morgan fingerprint density at radius 1 is 1.18 bits per heavy atom. The number of likely N-dealkylation sites (tertiary alicyclic amines) is 1. The van der Waals surface area contributed by atoms with Gasteiger partial charge in [-0.15, -0.1) is 0 Å². The zero-order valence-electron chi connectivity index (χ0n) is 13.3. The molecule has 3 heteroatoms. The minimum Gasteiger partial charge on any atom is -0.298 e. The number of hydrogen-bond donors (Lipinski definition) is 0. The number of piperidine rings is 1. The second-order valence-corrected chi connectivity index (χ2v) is 6.87. The lowest BCUT2D eigenvalue weighted by atomic mass is 9.77. The van der Waals surface area contributed by atoms with Gasteiger partial charge in [-0.3, -0.25) is 4.90 Å². The van der Waals surface area contributed by atoms with Crippen molar-refractivity contribution in [2.75, 3.05) is 13.1 Å². The van der Waals surface area contributed by atoms with E-state index >= 15 is 0 Å². The van der Waals surface area contributed by atoms with Crippen LogP contribution >= 0.6 is 0 Å². The molecule has 1 spiro atoms. The lowest BCUT2D eigenvalue weighted by Gasteiger charge is -2.40. The van der Waals surface area contributed by atoms with E-state index in [9.17, 15) is 0 Å². The van der Waals surface area contributed by atoms with Crippen molar-refractivity contribution in [2.24, 2.45) is 0 Å². The fourth-order valence-corrected chi connectivity index (χ4v) is 4.23. The van der Waals surface area contributed by atoms with Crippen molar-refractivity contribution in [2.45, 2.75) is 44.6 Å². The average Bonchev–Trinajstić information content (AvgIpc) is 2.86. The Labute approximate surface area is 132 Å². The molecule has 2 heterocycles. The van der Waals surface area contributed by atoms with Crippen molar-refractivity contribution in [3.8, 4) is 0 Å². The van der Waals surface area contributed by atoms with Gasteiger partial charge in [-0.05, 0) is 50.3 Å². The fraction of sp³-hybridized carbons (Fsp3) is 0.474. The molecule has 3 nitrogen and oxygen atoms in total. The van der Waals surface area contributed by atoms with Crippen LogP contribution < -0.4 is 0 Å². The van der Waals surface area contributed by atoms with E-state index in [4.69, 9.17) is 4.98 Å². The Kier molecular flexibility index (Phi) is 3.45. The molecule has 1 fully saturated rings. The highest BCUT2D eigenvalue weighted by Gasteiger charge is 2.43. The lowest BCUT2D eigenvalue weighted by Crippen LogP contribution is -2.45. The molecule has 1 aromatic carbocycles. The molecule has 1 aromatic heterocycles. The Morgan fingerprint density at radius 2 is 2.05 bits per heavy atom. The van der Waals surface area contributed by atoms with Crippen LogP contribution in [0.1, 0.15) is 41.9 Å². The molecule has 0 N–H and O–H groups in total. The molecule has 114 valence electrons. The van der Waals surface area contributed by atoms with Gasteiger partial charge in [0.05, 0.1) is 5.69 Å². The lowest BCUT2D eigenvalue weighted by molar-refractivity contribution is 0.136. The summed E-state index contributed by atoms with van der Waals surface area (Å²) in [5, 5.41) is 0.